The fraction of sp³-hybridized carbons (Fsp3) is 0.296. The number of ether oxygens (including phenoxy) is 1. The Morgan fingerprint density at radius 3 is 2.24 bits per heavy atom. The molecule has 4 rings (SSSR count). The lowest BCUT2D eigenvalue weighted by molar-refractivity contribution is -0.121. The van der Waals surface area contributed by atoms with Gasteiger partial charge in [0.15, 0.2) is 0 Å². The SMILES string of the molecule is CC(OCCCNC(=O)CCCN1C(=O)c2cccc3cccc(c23)C1=O)c1ccccc1. The summed E-state index contributed by atoms with van der Waals surface area (Å²) in [5, 5.41) is 4.48. The molecular weight excluding hydrogens is 416 g/mol. The van der Waals surface area contributed by atoms with Crippen LogP contribution in [-0.2, 0) is 9.53 Å². The van der Waals surface area contributed by atoms with Crippen molar-refractivity contribution in [2.45, 2.75) is 32.3 Å². The molecule has 170 valence electrons. The first-order chi connectivity index (χ1) is 16.1. The van der Waals surface area contributed by atoms with Crippen LogP contribution in [0.5, 0.6) is 0 Å². The molecule has 0 radical (unpaired) electrons. The van der Waals surface area contributed by atoms with Gasteiger partial charge in [0.25, 0.3) is 11.8 Å². The normalized spacial score (nSPS) is 13.9. The highest BCUT2D eigenvalue weighted by atomic mass is 16.5. The van der Waals surface area contributed by atoms with Crippen LogP contribution in [0.25, 0.3) is 10.8 Å². The summed E-state index contributed by atoms with van der Waals surface area (Å²) >= 11 is 0. The Morgan fingerprint density at radius 1 is 0.909 bits per heavy atom. The summed E-state index contributed by atoms with van der Waals surface area (Å²) < 4.78 is 5.81. The zero-order chi connectivity index (χ0) is 23.2. The first kappa shape index (κ1) is 22.7. The Morgan fingerprint density at radius 2 is 1.58 bits per heavy atom. The van der Waals surface area contributed by atoms with Gasteiger partial charge in [0, 0.05) is 42.6 Å². The van der Waals surface area contributed by atoms with E-state index in [1.165, 1.54) is 4.90 Å². The molecule has 0 aromatic heterocycles. The Bertz CT molecular complexity index is 1110. The number of amides is 3. The second-order valence-corrected chi connectivity index (χ2v) is 8.20. The molecule has 33 heavy (non-hydrogen) atoms. The second kappa shape index (κ2) is 10.4. The van der Waals surface area contributed by atoms with Crippen molar-refractivity contribution in [3.05, 3.63) is 83.4 Å². The molecule has 0 spiro atoms. The van der Waals surface area contributed by atoms with E-state index in [1.54, 1.807) is 12.1 Å². The van der Waals surface area contributed by atoms with Crippen LogP contribution in [0.3, 0.4) is 0 Å². The van der Waals surface area contributed by atoms with E-state index in [0.717, 1.165) is 10.9 Å². The molecule has 6 nitrogen and oxygen atoms in total. The molecule has 1 aliphatic rings. The van der Waals surface area contributed by atoms with Crippen molar-refractivity contribution in [1.29, 1.82) is 0 Å². The summed E-state index contributed by atoms with van der Waals surface area (Å²) in [5.74, 6) is -0.686. The molecule has 1 unspecified atom stereocenters. The van der Waals surface area contributed by atoms with Crippen LogP contribution in [0.2, 0.25) is 0 Å². The van der Waals surface area contributed by atoms with Crippen LogP contribution in [0.1, 0.15) is 58.6 Å². The van der Waals surface area contributed by atoms with E-state index in [-0.39, 0.29) is 36.8 Å². The lowest BCUT2D eigenvalue weighted by Crippen LogP contribution is -2.41. The summed E-state index contributed by atoms with van der Waals surface area (Å²) in [6.07, 6.45) is 1.40. The van der Waals surface area contributed by atoms with E-state index in [9.17, 15) is 14.4 Å². The minimum atomic E-state index is -0.297. The highest BCUT2D eigenvalue weighted by Crippen LogP contribution is 2.30. The number of nitrogens with one attached hydrogen (secondary N) is 1. The second-order valence-electron chi connectivity index (χ2n) is 8.20. The van der Waals surface area contributed by atoms with Crippen molar-refractivity contribution < 1.29 is 19.1 Å². The van der Waals surface area contributed by atoms with E-state index in [1.807, 2.05) is 61.5 Å². The van der Waals surface area contributed by atoms with Gasteiger partial charge in [-0.15, -0.1) is 0 Å². The molecule has 1 N–H and O–H groups in total. The maximum atomic E-state index is 12.9. The lowest BCUT2D eigenvalue weighted by Gasteiger charge is -2.27. The van der Waals surface area contributed by atoms with Gasteiger partial charge < -0.3 is 10.1 Å². The molecule has 1 heterocycles. The van der Waals surface area contributed by atoms with Gasteiger partial charge in [-0.25, -0.2) is 0 Å². The van der Waals surface area contributed by atoms with Crippen molar-refractivity contribution in [1.82, 2.24) is 10.2 Å². The predicted molar refractivity (Wildman–Crippen MR) is 127 cm³/mol. The van der Waals surface area contributed by atoms with E-state index < -0.39 is 0 Å². The topological polar surface area (TPSA) is 75.7 Å². The Labute approximate surface area is 193 Å². The van der Waals surface area contributed by atoms with Gasteiger partial charge in [0.05, 0.1) is 6.10 Å². The largest absolute Gasteiger partial charge is 0.374 e. The van der Waals surface area contributed by atoms with Gasteiger partial charge >= 0.3 is 0 Å². The molecule has 1 aliphatic heterocycles. The Hall–Kier alpha value is -3.51. The smallest absolute Gasteiger partial charge is 0.261 e. The molecule has 0 bridgehead atoms. The van der Waals surface area contributed by atoms with Crippen molar-refractivity contribution in [2.24, 2.45) is 0 Å². The van der Waals surface area contributed by atoms with Gasteiger partial charge in [-0.3, -0.25) is 19.3 Å². The third-order valence-corrected chi connectivity index (χ3v) is 5.92. The molecule has 0 fully saturated rings. The number of carbonyl (C=O) groups is 3. The van der Waals surface area contributed by atoms with E-state index in [4.69, 9.17) is 4.74 Å². The molecule has 6 heteroatoms. The fourth-order valence-electron chi connectivity index (χ4n) is 4.15. The third kappa shape index (κ3) is 5.12. The zero-order valence-electron chi connectivity index (χ0n) is 18.8. The number of nitrogens with zero attached hydrogens (tertiary/aromatic N) is 1. The van der Waals surface area contributed by atoms with Gasteiger partial charge in [-0.05, 0) is 42.8 Å². The molecular formula is C27H28N2O4. The standard InChI is InChI=1S/C27H28N2O4/c1-19(20-9-3-2-4-10-20)33-18-8-16-28-24(30)15-7-17-29-26(31)22-13-5-11-21-12-6-14-23(25(21)22)27(29)32/h2-6,9-14,19H,7-8,15-18H2,1H3,(H,28,30). The van der Waals surface area contributed by atoms with E-state index >= 15 is 0 Å². The minimum absolute atomic E-state index is 0.0116. The minimum Gasteiger partial charge on any atom is -0.374 e. The van der Waals surface area contributed by atoms with Crippen LogP contribution >= 0.6 is 0 Å². The Kier molecular flexibility index (Phi) is 7.15. The highest BCUT2D eigenvalue weighted by molar-refractivity contribution is 6.25. The van der Waals surface area contributed by atoms with Crippen LogP contribution in [0.4, 0.5) is 0 Å². The van der Waals surface area contributed by atoms with Crippen LogP contribution in [0, 0.1) is 0 Å². The lowest BCUT2D eigenvalue weighted by atomic mass is 9.94. The number of hydrogen-bond donors (Lipinski definition) is 1. The first-order valence-electron chi connectivity index (χ1n) is 11.4. The average molecular weight is 445 g/mol. The number of imide groups is 1. The molecule has 1 atom stereocenters. The van der Waals surface area contributed by atoms with Gasteiger partial charge in [0.1, 0.15) is 0 Å². The van der Waals surface area contributed by atoms with Crippen LogP contribution in [0.15, 0.2) is 66.7 Å². The monoisotopic (exact) mass is 444 g/mol. The Balaban J connectivity index is 1.19. The van der Waals surface area contributed by atoms with E-state index in [2.05, 4.69) is 5.32 Å². The molecule has 3 aromatic carbocycles. The maximum Gasteiger partial charge on any atom is 0.261 e. The van der Waals surface area contributed by atoms with Gasteiger partial charge in [0.2, 0.25) is 5.91 Å². The number of carbonyl (C=O) groups excluding carboxylic acids is 3. The summed E-state index contributed by atoms with van der Waals surface area (Å²) in [7, 11) is 0. The molecule has 0 saturated heterocycles. The summed E-state index contributed by atoms with van der Waals surface area (Å²) in [6, 6.07) is 21.0. The summed E-state index contributed by atoms with van der Waals surface area (Å²) in [4.78, 5) is 39.2. The van der Waals surface area contributed by atoms with Crippen molar-refractivity contribution in [3.8, 4) is 0 Å². The zero-order valence-corrected chi connectivity index (χ0v) is 18.8. The van der Waals surface area contributed by atoms with E-state index in [0.29, 0.717) is 42.5 Å². The van der Waals surface area contributed by atoms with Gasteiger partial charge in [-0.2, -0.15) is 0 Å². The predicted octanol–water partition coefficient (Wildman–Crippen LogP) is 4.50. The number of rotatable bonds is 10. The quantitative estimate of drug-likeness (QED) is 0.369. The number of benzene rings is 3. The molecule has 0 aliphatic carbocycles. The van der Waals surface area contributed by atoms with Crippen LogP contribution in [-0.4, -0.2) is 42.3 Å². The first-order valence-corrected chi connectivity index (χ1v) is 11.4. The fourth-order valence-corrected chi connectivity index (χ4v) is 4.15. The molecule has 0 saturated carbocycles. The van der Waals surface area contributed by atoms with Crippen LogP contribution < -0.4 is 5.32 Å². The highest BCUT2D eigenvalue weighted by Gasteiger charge is 2.32. The van der Waals surface area contributed by atoms with Crippen molar-refractivity contribution in [3.63, 3.8) is 0 Å². The van der Waals surface area contributed by atoms with Gasteiger partial charge in [-0.1, -0.05) is 54.6 Å². The van der Waals surface area contributed by atoms with Crippen molar-refractivity contribution >= 4 is 28.5 Å². The maximum absolute atomic E-state index is 12.9. The molecule has 3 amide bonds. The van der Waals surface area contributed by atoms with Crippen molar-refractivity contribution in [2.75, 3.05) is 19.7 Å². The third-order valence-electron chi connectivity index (χ3n) is 5.92. The summed E-state index contributed by atoms with van der Waals surface area (Å²) in [6.45, 7) is 3.30. The number of hydrogen-bond acceptors (Lipinski definition) is 4. The summed E-state index contributed by atoms with van der Waals surface area (Å²) in [5.41, 5.74) is 2.20. The average Bonchev–Trinajstić information content (AvgIpc) is 2.84. The molecule has 3 aromatic rings.